The minimum Gasteiger partial charge on any atom is -0.469 e. The van der Waals surface area contributed by atoms with Gasteiger partial charge in [-0.3, -0.25) is 0 Å². The van der Waals surface area contributed by atoms with Crippen molar-refractivity contribution < 1.29 is 4.74 Å². The molecule has 0 amide bonds. The summed E-state index contributed by atoms with van der Waals surface area (Å²) in [6, 6.07) is 0. The van der Waals surface area contributed by atoms with Crippen LogP contribution in [-0.4, -0.2) is 17.0 Å². The molecule has 0 saturated carbocycles. The molecule has 1 rings (SSSR count). The molecule has 0 saturated heterocycles. The fraction of sp³-hybridized carbons (Fsp3) is 0.700. The summed E-state index contributed by atoms with van der Waals surface area (Å²) >= 11 is 0. The van der Waals surface area contributed by atoms with Crippen LogP contribution in [0.1, 0.15) is 34.6 Å². The van der Waals surface area contributed by atoms with E-state index in [2.05, 4.69) is 25.4 Å². The minimum absolute atomic E-state index is 0.152. The third kappa shape index (κ3) is 1.26. The summed E-state index contributed by atoms with van der Waals surface area (Å²) in [6.07, 6.45) is 0. The van der Waals surface area contributed by atoms with Crippen LogP contribution in [0.15, 0.2) is 17.1 Å². The smallest absolute Gasteiger partial charge is 0.212 e. The largest absolute Gasteiger partial charge is 0.469 e. The van der Waals surface area contributed by atoms with E-state index in [9.17, 15) is 0 Å². The van der Waals surface area contributed by atoms with Crippen molar-refractivity contribution >= 4 is 5.90 Å². The standard InChI is InChI=1S/C10H17NO/c1-7(2)8-11-9(3,4)10(5,6)12-8/h1H2,2-6H3. The summed E-state index contributed by atoms with van der Waals surface area (Å²) in [4.78, 5) is 4.47. The molecule has 0 fully saturated rings. The summed E-state index contributed by atoms with van der Waals surface area (Å²) in [6.45, 7) is 14.0. The average Bonchev–Trinajstić information content (AvgIpc) is 2.03. The van der Waals surface area contributed by atoms with E-state index in [1.54, 1.807) is 0 Å². The molecule has 0 bridgehead atoms. The van der Waals surface area contributed by atoms with Crippen molar-refractivity contribution in [3.05, 3.63) is 12.2 Å². The van der Waals surface area contributed by atoms with Crippen molar-refractivity contribution in [2.75, 3.05) is 0 Å². The zero-order chi connectivity index (χ0) is 9.57. The second-order valence-electron chi connectivity index (χ2n) is 4.37. The molecule has 2 heteroatoms. The molecule has 1 aliphatic rings. The molecule has 0 aromatic rings. The Balaban J connectivity index is 2.98. The Bertz CT molecular complexity index is 249. The van der Waals surface area contributed by atoms with E-state index in [-0.39, 0.29) is 11.1 Å². The molecule has 0 N–H and O–H groups in total. The van der Waals surface area contributed by atoms with Gasteiger partial charge in [0.05, 0.1) is 5.54 Å². The maximum Gasteiger partial charge on any atom is 0.212 e. The molecule has 2 nitrogen and oxygen atoms in total. The van der Waals surface area contributed by atoms with Gasteiger partial charge in [0.1, 0.15) is 5.60 Å². The van der Waals surface area contributed by atoms with Crippen LogP contribution in [0.3, 0.4) is 0 Å². The Morgan fingerprint density at radius 1 is 1.33 bits per heavy atom. The average molecular weight is 167 g/mol. The second-order valence-corrected chi connectivity index (χ2v) is 4.37. The van der Waals surface area contributed by atoms with Gasteiger partial charge < -0.3 is 4.74 Å². The third-order valence-corrected chi connectivity index (χ3v) is 2.57. The Hall–Kier alpha value is -0.790. The van der Waals surface area contributed by atoms with Gasteiger partial charge in [0, 0.05) is 5.57 Å². The number of hydrogen-bond acceptors (Lipinski definition) is 2. The van der Waals surface area contributed by atoms with Gasteiger partial charge in [-0.2, -0.15) is 0 Å². The van der Waals surface area contributed by atoms with E-state index in [1.807, 2.05) is 20.8 Å². The lowest BCUT2D eigenvalue weighted by Crippen LogP contribution is -2.41. The Labute approximate surface area is 74.3 Å². The third-order valence-electron chi connectivity index (χ3n) is 2.57. The second kappa shape index (κ2) is 2.35. The first-order chi connectivity index (χ1) is 5.26. The first-order valence-electron chi connectivity index (χ1n) is 4.21. The molecule has 0 aliphatic carbocycles. The van der Waals surface area contributed by atoms with Gasteiger partial charge in [-0.15, -0.1) is 0 Å². The normalized spacial score (nSPS) is 24.6. The SMILES string of the molecule is C=C(C)C1=NC(C)(C)C(C)(C)O1. The van der Waals surface area contributed by atoms with Crippen LogP contribution in [0.5, 0.6) is 0 Å². The molecule has 1 heterocycles. The first-order valence-corrected chi connectivity index (χ1v) is 4.21. The monoisotopic (exact) mass is 167 g/mol. The fourth-order valence-electron chi connectivity index (χ4n) is 0.960. The number of nitrogens with zero attached hydrogens (tertiary/aromatic N) is 1. The topological polar surface area (TPSA) is 21.6 Å². The molecule has 0 unspecified atom stereocenters. The van der Waals surface area contributed by atoms with Crippen molar-refractivity contribution in [3.8, 4) is 0 Å². The van der Waals surface area contributed by atoms with Gasteiger partial charge >= 0.3 is 0 Å². The van der Waals surface area contributed by atoms with Gasteiger partial charge in [-0.1, -0.05) is 6.58 Å². The summed E-state index contributed by atoms with van der Waals surface area (Å²) in [5.41, 5.74) is 0.524. The van der Waals surface area contributed by atoms with Crippen molar-refractivity contribution in [1.82, 2.24) is 0 Å². The maximum absolute atomic E-state index is 5.68. The number of hydrogen-bond donors (Lipinski definition) is 0. The quantitative estimate of drug-likeness (QED) is 0.588. The zero-order valence-corrected chi connectivity index (χ0v) is 8.56. The van der Waals surface area contributed by atoms with Gasteiger partial charge in [0.2, 0.25) is 5.90 Å². The Morgan fingerprint density at radius 3 is 2.00 bits per heavy atom. The van der Waals surface area contributed by atoms with E-state index >= 15 is 0 Å². The van der Waals surface area contributed by atoms with E-state index in [4.69, 9.17) is 4.74 Å². The fourth-order valence-corrected chi connectivity index (χ4v) is 0.960. The molecular weight excluding hydrogens is 150 g/mol. The Kier molecular flexibility index (Phi) is 1.82. The lowest BCUT2D eigenvalue weighted by molar-refractivity contribution is 0.0617. The predicted molar refractivity (Wildman–Crippen MR) is 51.5 cm³/mol. The highest BCUT2D eigenvalue weighted by atomic mass is 16.5. The van der Waals surface area contributed by atoms with Crippen LogP contribution in [0.25, 0.3) is 0 Å². The highest BCUT2D eigenvalue weighted by molar-refractivity contribution is 5.94. The molecule has 0 spiro atoms. The van der Waals surface area contributed by atoms with Crippen molar-refractivity contribution in [1.29, 1.82) is 0 Å². The van der Waals surface area contributed by atoms with E-state index in [0.717, 1.165) is 5.57 Å². The van der Waals surface area contributed by atoms with Gasteiger partial charge in [-0.05, 0) is 34.6 Å². The highest BCUT2D eigenvalue weighted by Crippen LogP contribution is 2.35. The molecule has 0 radical (unpaired) electrons. The summed E-state index contributed by atoms with van der Waals surface area (Å²) in [5, 5.41) is 0. The van der Waals surface area contributed by atoms with Crippen molar-refractivity contribution in [3.63, 3.8) is 0 Å². The predicted octanol–water partition coefficient (Wildman–Crippen LogP) is 2.55. The molecular formula is C10H17NO. The van der Waals surface area contributed by atoms with Crippen LogP contribution in [0.4, 0.5) is 0 Å². The first kappa shape index (κ1) is 9.30. The van der Waals surface area contributed by atoms with Crippen LogP contribution in [-0.2, 0) is 4.74 Å². The lowest BCUT2D eigenvalue weighted by atomic mass is 9.87. The maximum atomic E-state index is 5.68. The van der Waals surface area contributed by atoms with E-state index in [1.165, 1.54) is 0 Å². The number of aliphatic imine (C=N–C) groups is 1. The van der Waals surface area contributed by atoms with Crippen LogP contribution in [0.2, 0.25) is 0 Å². The number of ether oxygens (including phenoxy) is 1. The lowest BCUT2D eigenvalue weighted by Gasteiger charge is -2.30. The molecule has 68 valence electrons. The van der Waals surface area contributed by atoms with Crippen molar-refractivity contribution in [2.24, 2.45) is 4.99 Å². The van der Waals surface area contributed by atoms with Crippen LogP contribution >= 0.6 is 0 Å². The van der Waals surface area contributed by atoms with Crippen LogP contribution < -0.4 is 0 Å². The molecule has 1 aliphatic heterocycles. The highest BCUT2D eigenvalue weighted by Gasteiger charge is 2.45. The van der Waals surface area contributed by atoms with Crippen LogP contribution in [0, 0.1) is 0 Å². The minimum atomic E-state index is -0.221. The van der Waals surface area contributed by atoms with Gasteiger partial charge in [0.15, 0.2) is 0 Å². The number of rotatable bonds is 1. The molecule has 0 aromatic heterocycles. The summed E-state index contributed by atoms with van der Waals surface area (Å²) in [7, 11) is 0. The molecule has 12 heavy (non-hydrogen) atoms. The summed E-state index contributed by atoms with van der Waals surface area (Å²) in [5.74, 6) is 0.699. The van der Waals surface area contributed by atoms with E-state index in [0.29, 0.717) is 5.90 Å². The molecule has 0 aromatic carbocycles. The zero-order valence-electron chi connectivity index (χ0n) is 8.56. The Morgan fingerprint density at radius 2 is 1.83 bits per heavy atom. The van der Waals surface area contributed by atoms with E-state index < -0.39 is 0 Å². The van der Waals surface area contributed by atoms with Gasteiger partial charge in [0.25, 0.3) is 0 Å². The molecule has 0 atom stereocenters. The summed E-state index contributed by atoms with van der Waals surface area (Å²) < 4.78 is 5.68. The van der Waals surface area contributed by atoms with Crippen molar-refractivity contribution in [2.45, 2.75) is 45.8 Å². The van der Waals surface area contributed by atoms with Gasteiger partial charge in [-0.25, -0.2) is 4.99 Å².